The van der Waals surface area contributed by atoms with E-state index in [-0.39, 0.29) is 22.0 Å². The number of pyridine rings is 1. The molecule has 0 bridgehead atoms. The van der Waals surface area contributed by atoms with E-state index in [1.807, 2.05) is 26.0 Å². The summed E-state index contributed by atoms with van der Waals surface area (Å²) in [6.07, 6.45) is 1.40. The highest BCUT2D eigenvalue weighted by Crippen LogP contribution is 2.29. The number of aromatic carboxylic acids is 1. The molecule has 154 valence electrons. The number of carbonyl (C=O) groups is 2. The van der Waals surface area contributed by atoms with Gasteiger partial charge in [-0.1, -0.05) is 41.9 Å². The van der Waals surface area contributed by atoms with Crippen molar-refractivity contribution >= 4 is 23.5 Å². The van der Waals surface area contributed by atoms with E-state index in [4.69, 9.17) is 16.3 Å². The second kappa shape index (κ2) is 8.97. The molecule has 3 rings (SSSR count). The molecule has 6 nitrogen and oxygen atoms in total. The summed E-state index contributed by atoms with van der Waals surface area (Å²) in [6.45, 7) is 5.60. The number of nitrogens with one attached hydrogen (secondary N) is 1. The van der Waals surface area contributed by atoms with Crippen LogP contribution >= 0.6 is 11.6 Å². The van der Waals surface area contributed by atoms with Crippen molar-refractivity contribution in [2.45, 2.75) is 26.8 Å². The number of halogens is 1. The quantitative estimate of drug-likeness (QED) is 0.558. The van der Waals surface area contributed by atoms with E-state index in [1.54, 1.807) is 31.2 Å². The Balaban J connectivity index is 1.90. The van der Waals surface area contributed by atoms with Crippen molar-refractivity contribution in [1.82, 2.24) is 10.3 Å². The van der Waals surface area contributed by atoms with Crippen molar-refractivity contribution in [2.24, 2.45) is 0 Å². The lowest BCUT2D eigenvalue weighted by molar-refractivity contribution is 0.0693. The molecule has 1 heterocycles. The molecule has 0 unspecified atom stereocenters. The van der Waals surface area contributed by atoms with Crippen molar-refractivity contribution in [2.75, 3.05) is 0 Å². The van der Waals surface area contributed by atoms with Gasteiger partial charge in [0.2, 0.25) is 5.88 Å². The minimum Gasteiger partial charge on any atom is -0.478 e. The van der Waals surface area contributed by atoms with Crippen LogP contribution in [0.1, 0.15) is 50.4 Å². The lowest BCUT2D eigenvalue weighted by atomic mass is 10.0. The van der Waals surface area contributed by atoms with Crippen molar-refractivity contribution < 1.29 is 19.4 Å². The number of aryl methyl sites for hydroxylation is 1. The van der Waals surface area contributed by atoms with Gasteiger partial charge in [0.05, 0.1) is 16.6 Å². The lowest BCUT2D eigenvalue weighted by Gasteiger charge is -2.18. The number of rotatable bonds is 6. The zero-order valence-corrected chi connectivity index (χ0v) is 17.5. The van der Waals surface area contributed by atoms with Crippen LogP contribution in [0, 0.1) is 13.8 Å². The number of nitrogens with zero attached hydrogens (tertiary/aromatic N) is 1. The van der Waals surface area contributed by atoms with Gasteiger partial charge in [0.15, 0.2) is 0 Å². The van der Waals surface area contributed by atoms with Crippen molar-refractivity contribution in [3.8, 4) is 11.6 Å². The van der Waals surface area contributed by atoms with Crippen molar-refractivity contribution in [1.29, 1.82) is 0 Å². The average Bonchev–Trinajstić information content (AvgIpc) is 2.72. The van der Waals surface area contributed by atoms with Crippen LogP contribution in [0.15, 0.2) is 54.7 Å². The molecule has 0 fully saturated rings. The third-order valence-electron chi connectivity index (χ3n) is 4.83. The van der Waals surface area contributed by atoms with E-state index in [2.05, 4.69) is 10.3 Å². The fourth-order valence-electron chi connectivity index (χ4n) is 3.03. The van der Waals surface area contributed by atoms with Crippen LogP contribution in [-0.4, -0.2) is 22.0 Å². The monoisotopic (exact) mass is 424 g/mol. The van der Waals surface area contributed by atoms with Gasteiger partial charge in [0.1, 0.15) is 11.3 Å². The van der Waals surface area contributed by atoms with E-state index >= 15 is 0 Å². The Kier molecular flexibility index (Phi) is 6.37. The third-order valence-corrected chi connectivity index (χ3v) is 5.04. The molecular weight excluding hydrogens is 404 g/mol. The van der Waals surface area contributed by atoms with Gasteiger partial charge in [-0.05, 0) is 55.7 Å². The molecular formula is C23H21ClN2O4. The summed E-state index contributed by atoms with van der Waals surface area (Å²) in [5, 5.41) is 12.5. The average molecular weight is 425 g/mol. The maximum Gasteiger partial charge on any atom is 0.336 e. The number of amides is 1. The molecule has 0 aliphatic carbocycles. The minimum atomic E-state index is -1.06. The largest absolute Gasteiger partial charge is 0.478 e. The van der Waals surface area contributed by atoms with Gasteiger partial charge in [-0.25, -0.2) is 9.78 Å². The smallest absolute Gasteiger partial charge is 0.336 e. The predicted octanol–water partition coefficient (Wildman–Crippen LogP) is 5.33. The summed E-state index contributed by atoms with van der Waals surface area (Å²) in [6, 6.07) is 13.1. The molecule has 0 radical (unpaired) electrons. The zero-order valence-electron chi connectivity index (χ0n) is 16.8. The summed E-state index contributed by atoms with van der Waals surface area (Å²) in [4.78, 5) is 28.7. The van der Waals surface area contributed by atoms with Gasteiger partial charge in [-0.3, -0.25) is 4.79 Å². The van der Waals surface area contributed by atoms with E-state index in [0.29, 0.717) is 11.3 Å². The maximum atomic E-state index is 13.0. The van der Waals surface area contributed by atoms with Crippen molar-refractivity contribution in [3.63, 3.8) is 0 Å². The van der Waals surface area contributed by atoms with Crippen LogP contribution in [-0.2, 0) is 0 Å². The number of aromatic nitrogens is 1. The number of ether oxygens (including phenoxy) is 1. The lowest BCUT2D eigenvalue weighted by Crippen LogP contribution is -2.28. The van der Waals surface area contributed by atoms with Crippen LogP contribution in [0.2, 0.25) is 5.02 Å². The van der Waals surface area contributed by atoms with Crippen LogP contribution < -0.4 is 10.1 Å². The predicted molar refractivity (Wildman–Crippen MR) is 115 cm³/mol. The number of hydrogen-bond donors (Lipinski definition) is 2. The Labute approximate surface area is 179 Å². The van der Waals surface area contributed by atoms with E-state index in [0.717, 1.165) is 11.1 Å². The third kappa shape index (κ3) is 4.60. The summed E-state index contributed by atoms with van der Waals surface area (Å²) in [7, 11) is 0. The van der Waals surface area contributed by atoms with Gasteiger partial charge in [0, 0.05) is 6.20 Å². The first-order chi connectivity index (χ1) is 14.3. The highest BCUT2D eigenvalue weighted by molar-refractivity contribution is 6.30. The fourth-order valence-corrected chi connectivity index (χ4v) is 3.19. The molecule has 0 aliphatic rings. The standard InChI is InChI=1S/C23H21ClN2O4/c1-13-7-6-10-20(14(13)2)30-22-19(11-16(24)12-25-22)21(27)26-15(3)17-8-4-5-9-18(17)23(28)29/h4-12,15H,1-3H3,(H,26,27)(H,28,29)/t15-/m0/s1. The van der Waals surface area contributed by atoms with Crippen LogP contribution in [0.3, 0.4) is 0 Å². The molecule has 30 heavy (non-hydrogen) atoms. The maximum absolute atomic E-state index is 13.0. The first-order valence-electron chi connectivity index (χ1n) is 9.30. The van der Waals surface area contributed by atoms with Crippen LogP contribution in [0.25, 0.3) is 0 Å². The first kappa shape index (κ1) is 21.3. The summed E-state index contributed by atoms with van der Waals surface area (Å²) < 4.78 is 5.92. The molecule has 0 aliphatic heterocycles. The Morgan fingerprint density at radius 3 is 2.57 bits per heavy atom. The molecule has 2 aromatic carbocycles. The van der Waals surface area contributed by atoms with E-state index in [9.17, 15) is 14.7 Å². The zero-order chi connectivity index (χ0) is 21.8. The Morgan fingerprint density at radius 1 is 1.10 bits per heavy atom. The van der Waals surface area contributed by atoms with Gasteiger partial charge < -0.3 is 15.2 Å². The molecule has 1 aromatic heterocycles. The fraction of sp³-hybridized carbons (Fsp3) is 0.174. The Morgan fingerprint density at radius 2 is 1.83 bits per heavy atom. The number of carboxylic acid groups (broad SMARTS) is 1. The molecule has 2 N–H and O–H groups in total. The molecule has 7 heteroatoms. The summed E-state index contributed by atoms with van der Waals surface area (Å²) >= 11 is 6.06. The summed E-state index contributed by atoms with van der Waals surface area (Å²) in [5.74, 6) is -0.833. The summed E-state index contributed by atoms with van der Waals surface area (Å²) in [5.41, 5.74) is 2.76. The molecule has 3 aromatic rings. The topological polar surface area (TPSA) is 88.5 Å². The Bertz CT molecular complexity index is 1110. The Hall–Kier alpha value is -3.38. The van der Waals surface area contributed by atoms with Crippen molar-refractivity contribution in [3.05, 3.63) is 87.6 Å². The van der Waals surface area contributed by atoms with Crippen LogP contribution in [0.4, 0.5) is 0 Å². The normalized spacial score (nSPS) is 11.6. The molecule has 0 saturated heterocycles. The number of carboxylic acids is 1. The van der Waals surface area contributed by atoms with Gasteiger partial charge >= 0.3 is 5.97 Å². The molecule has 1 amide bonds. The van der Waals surface area contributed by atoms with Gasteiger partial charge in [-0.2, -0.15) is 0 Å². The van der Waals surface area contributed by atoms with E-state index < -0.39 is 17.9 Å². The molecule has 0 saturated carbocycles. The highest BCUT2D eigenvalue weighted by atomic mass is 35.5. The number of carbonyl (C=O) groups excluding carboxylic acids is 1. The second-order valence-corrected chi connectivity index (χ2v) is 7.33. The first-order valence-corrected chi connectivity index (χ1v) is 9.68. The highest BCUT2D eigenvalue weighted by Gasteiger charge is 2.21. The van der Waals surface area contributed by atoms with Crippen LogP contribution in [0.5, 0.6) is 11.6 Å². The van der Waals surface area contributed by atoms with Gasteiger partial charge in [-0.15, -0.1) is 0 Å². The molecule has 1 atom stereocenters. The SMILES string of the molecule is Cc1cccc(Oc2ncc(Cl)cc2C(=O)N[C@@H](C)c2ccccc2C(=O)O)c1C. The minimum absolute atomic E-state index is 0.115. The van der Waals surface area contributed by atoms with Gasteiger partial charge in [0.25, 0.3) is 5.91 Å². The van der Waals surface area contributed by atoms with E-state index in [1.165, 1.54) is 18.3 Å². The second-order valence-electron chi connectivity index (χ2n) is 6.89. The molecule has 0 spiro atoms. The number of hydrogen-bond acceptors (Lipinski definition) is 4. The number of benzene rings is 2.